The van der Waals surface area contributed by atoms with Gasteiger partial charge < -0.3 is 10.6 Å². The number of rotatable bonds is 7. The van der Waals surface area contributed by atoms with Crippen LogP contribution in [0.3, 0.4) is 0 Å². The molecule has 1 atom stereocenters. The highest BCUT2D eigenvalue weighted by molar-refractivity contribution is 6.31. The average molecular weight is 386 g/mol. The van der Waals surface area contributed by atoms with E-state index < -0.39 is 0 Å². The van der Waals surface area contributed by atoms with Crippen LogP contribution in [0, 0.1) is 0 Å². The Balaban J connectivity index is 1.60. The highest BCUT2D eigenvalue weighted by Gasteiger charge is 2.10. The van der Waals surface area contributed by atoms with Gasteiger partial charge in [-0.3, -0.25) is 9.78 Å². The fourth-order valence-corrected chi connectivity index (χ4v) is 2.66. The predicted molar refractivity (Wildman–Crippen MR) is 103 cm³/mol. The molecule has 0 aliphatic carbocycles. The van der Waals surface area contributed by atoms with Gasteiger partial charge in [-0.1, -0.05) is 11.6 Å². The van der Waals surface area contributed by atoms with Crippen molar-refractivity contribution in [2.75, 3.05) is 5.32 Å². The van der Waals surface area contributed by atoms with E-state index in [-0.39, 0.29) is 11.9 Å². The largest absolute Gasteiger partial charge is 0.352 e. The summed E-state index contributed by atoms with van der Waals surface area (Å²) >= 11 is 6.15. The number of anilines is 1. The number of nitrogens with zero attached hydrogens (tertiary/aromatic N) is 5. The quantitative estimate of drug-likeness (QED) is 0.648. The number of carbonyl (C=O) groups is 1. The van der Waals surface area contributed by atoms with Crippen LogP contribution in [0.25, 0.3) is 5.69 Å². The lowest BCUT2D eigenvalue weighted by Crippen LogP contribution is -2.20. The third-order valence-electron chi connectivity index (χ3n) is 3.79. The summed E-state index contributed by atoms with van der Waals surface area (Å²) in [5.74, 6) is 0.437. The molecule has 0 fully saturated rings. The fourth-order valence-electron chi connectivity index (χ4n) is 2.46. The predicted octanol–water partition coefficient (Wildman–Crippen LogP) is 2.39. The van der Waals surface area contributed by atoms with Crippen LogP contribution < -0.4 is 10.6 Å². The van der Waals surface area contributed by atoms with Crippen molar-refractivity contribution in [1.82, 2.24) is 30.0 Å². The Bertz CT molecular complexity index is 910. The van der Waals surface area contributed by atoms with Crippen LogP contribution in [0.5, 0.6) is 0 Å². The molecule has 9 heteroatoms. The molecule has 0 aliphatic heterocycles. The van der Waals surface area contributed by atoms with Gasteiger partial charge in [0, 0.05) is 43.9 Å². The molecule has 3 heterocycles. The molecule has 8 nitrogen and oxygen atoms in total. The molecular formula is C18H20ClN7O. The molecule has 0 aromatic carbocycles. The number of halogens is 1. The zero-order valence-electron chi connectivity index (χ0n) is 15.1. The zero-order valence-corrected chi connectivity index (χ0v) is 15.8. The highest BCUT2D eigenvalue weighted by atomic mass is 35.5. The van der Waals surface area contributed by atoms with Crippen LogP contribution in [-0.4, -0.2) is 36.7 Å². The van der Waals surface area contributed by atoms with E-state index in [9.17, 15) is 4.79 Å². The van der Waals surface area contributed by atoms with E-state index in [1.54, 1.807) is 29.5 Å². The van der Waals surface area contributed by atoms with Crippen molar-refractivity contribution < 1.29 is 4.79 Å². The van der Waals surface area contributed by atoms with Crippen LogP contribution in [0.15, 0.2) is 43.1 Å². The molecule has 3 aromatic rings. The standard InChI is InChI=1S/C18H20ClN7O/c1-12(6-17-16(19)4-3-5-20-17)25-18-22-9-15(10-23-18)26-11-14(8-24-26)7-21-13(2)27/h3-5,8-12H,6-7H2,1-2H3,(H,21,27)(H,22,23,25). The van der Waals surface area contributed by atoms with E-state index in [4.69, 9.17) is 11.6 Å². The minimum Gasteiger partial charge on any atom is -0.352 e. The number of hydrogen-bond acceptors (Lipinski definition) is 6. The molecule has 0 saturated heterocycles. The molecule has 3 rings (SSSR count). The second-order valence-corrected chi connectivity index (χ2v) is 6.56. The summed E-state index contributed by atoms with van der Waals surface area (Å²) in [6.07, 6.45) is 9.28. The lowest BCUT2D eigenvalue weighted by Gasteiger charge is -2.14. The molecule has 27 heavy (non-hydrogen) atoms. The van der Waals surface area contributed by atoms with Crippen molar-refractivity contribution in [2.24, 2.45) is 0 Å². The van der Waals surface area contributed by atoms with E-state index in [2.05, 4.69) is 30.7 Å². The number of carbonyl (C=O) groups excluding carboxylic acids is 1. The maximum Gasteiger partial charge on any atom is 0.222 e. The molecule has 1 unspecified atom stereocenters. The zero-order chi connectivity index (χ0) is 19.2. The van der Waals surface area contributed by atoms with Gasteiger partial charge in [0.05, 0.1) is 29.3 Å². The van der Waals surface area contributed by atoms with Crippen molar-refractivity contribution in [3.05, 3.63) is 59.4 Å². The molecule has 140 valence electrons. The normalized spacial score (nSPS) is 11.8. The molecule has 3 aromatic heterocycles. The number of nitrogens with one attached hydrogen (secondary N) is 2. The molecular weight excluding hydrogens is 366 g/mol. The molecule has 0 bridgehead atoms. The average Bonchev–Trinajstić information content (AvgIpc) is 3.11. The van der Waals surface area contributed by atoms with Gasteiger partial charge >= 0.3 is 0 Å². The van der Waals surface area contributed by atoms with Gasteiger partial charge in [-0.25, -0.2) is 14.6 Å². The van der Waals surface area contributed by atoms with Gasteiger partial charge in [-0.2, -0.15) is 5.10 Å². The first-order valence-electron chi connectivity index (χ1n) is 8.47. The third kappa shape index (κ3) is 5.24. The summed E-state index contributed by atoms with van der Waals surface area (Å²) in [6, 6.07) is 3.70. The molecule has 1 amide bonds. The van der Waals surface area contributed by atoms with E-state index >= 15 is 0 Å². The first-order valence-corrected chi connectivity index (χ1v) is 8.85. The summed E-state index contributed by atoms with van der Waals surface area (Å²) in [4.78, 5) is 23.9. The Labute approximate surface area is 162 Å². The van der Waals surface area contributed by atoms with Gasteiger partial charge in [0.25, 0.3) is 0 Å². The highest BCUT2D eigenvalue weighted by Crippen LogP contribution is 2.15. The van der Waals surface area contributed by atoms with Crippen LogP contribution in [0.2, 0.25) is 5.02 Å². The number of amides is 1. The SMILES string of the molecule is CC(=O)NCc1cnn(-c2cnc(NC(C)Cc3ncccc3Cl)nc2)c1. The van der Waals surface area contributed by atoms with Gasteiger partial charge in [0.1, 0.15) is 5.69 Å². The molecule has 2 N–H and O–H groups in total. The topological polar surface area (TPSA) is 97.6 Å². The minimum absolute atomic E-state index is 0.0669. The monoisotopic (exact) mass is 385 g/mol. The molecule has 0 saturated carbocycles. The van der Waals surface area contributed by atoms with E-state index in [0.29, 0.717) is 23.9 Å². The van der Waals surface area contributed by atoms with Crippen LogP contribution >= 0.6 is 11.6 Å². The van der Waals surface area contributed by atoms with Crippen molar-refractivity contribution in [2.45, 2.75) is 32.9 Å². The van der Waals surface area contributed by atoms with Crippen LogP contribution in [0.1, 0.15) is 25.1 Å². The summed E-state index contributed by atoms with van der Waals surface area (Å²) in [7, 11) is 0. The minimum atomic E-state index is -0.0809. The molecule has 0 radical (unpaired) electrons. The Morgan fingerprint density at radius 3 is 2.74 bits per heavy atom. The Morgan fingerprint density at radius 2 is 2.04 bits per heavy atom. The second-order valence-electron chi connectivity index (χ2n) is 6.15. The van der Waals surface area contributed by atoms with Crippen molar-refractivity contribution in [3.63, 3.8) is 0 Å². The number of hydrogen-bond donors (Lipinski definition) is 2. The van der Waals surface area contributed by atoms with Crippen LogP contribution in [-0.2, 0) is 17.8 Å². The maximum atomic E-state index is 11.0. The first-order chi connectivity index (χ1) is 13.0. The Kier molecular flexibility index (Phi) is 5.97. The van der Waals surface area contributed by atoms with Crippen LogP contribution in [0.4, 0.5) is 5.95 Å². The first kappa shape index (κ1) is 18.8. The summed E-state index contributed by atoms with van der Waals surface area (Å²) in [5.41, 5.74) is 2.46. The smallest absolute Gasteiger partial charge is 0.222 e. The van der Waals surface area contributed by atoms with E-state index in [1.165, 1.54) is 6.92 Å². The van der Waals surface area contributed by atoms with Gasteiger partial charge in [0.15, 0.2) is 0 Å². The van der Waals surface area contributed by atoms with Gasteiger partial charge in [0.2, 0.25) is 11.9 Å². The number of pyridine rings is 1. The van der Waals surface area contributed by atoms with Crippen molar-refractivity contribution >= 4 is 23.5 Å². The van der Waals surface area contributed by atoms with Gasteiger partial charge in [-0.15, -0.1) is 0 Å². The molecule has 0 aliphatic rings. The second kappa shape index (κ2) is 8.59. The van der Waals surface area contributed by atoms with Crippen molar-refractivity contribution in [1.29, 1.82) is 0 Å². The molecule has 0 spiro atoms. The summed E-state index contributed by atoms with van der Waals surface area (Å²) in [5, 5.41) is 10.9. The summed E-state index contributed by atoms with van der Waals surface area (Å²) in [6.45, 7) is 3.93. The summed E-state index contributed by atoms with van der Waals surface area (Å²) < 4.78 is 1.66. The van der Waals surface area contributed by atoms with E-state index in [0.717, 1.165) is 16.9 Å². The van der Waals surface area contributed by atoms with Gasteiger partial charge in [-0.05, 0) is 19.1 Å². The number of aromatic nitrogens is 5. The lowest BCUT2D eigenvalue weighted by atomic mass is 10.1. The Morgan fingerprint density at radius 1 is 1.26 bits per heavy atom. The third-order valence-corrected chi connectivity index (χ3v) is 4.13. The lowest BCUT2D eigenvalue weighted by molar-refractivity contribution is -0.119. The van der Waals surface area contributed by atoms with Crippen molar-refractivity contribution in [3.8, 4) is 5.69 Å². The fraction of sp³-hybridized carbons (Fsp3) is 0.278. The Hall–Kier alpha value is -3.00. The van der Waals surface area contributed by atoms with E-state index in [1.807, 2.05) is 25.3 Å². The maximum absolute atomic E-state index is 11.0.